The highest BCUT2D eigenvalue weighted by Gasteiger charge is 2.11. The minimum atomic E-state index is -0.0723. The lowest BCUT2D eigenvalue weighted by Crippen LogP contribution is -2.32. The third-order valence-electron chi connectivity index (χ3n) is 2.17. The summed E-state index contributed by atoms with van der Waals surface area (Å²) in [6, 6.07) is 9.27. The average Bonchev–Trinajstić information content (AvgIpc) is 2.30. The Morgan fingerprint density at radius 1 is 1.44 bits per heavy atom. The van der Waals surface area contributed by atoms with Gasteiger partial charge >= 0.3 is 0 Å². The normalized spacial score (nSPS) is 11.2. The molecule has 0 unspecified atom stereocenters. The number of nitrogens with zero attached hydrogens (tertiary/aromatic N) is 2. The van der Waals surface area contributed by atoms with E-state index in [1.807, 2.05) is 30.3 Å². The minimum Gasteiger partial charge on any atom is -0.409 e. The zero-order valence-corrected chi connectivity index (χ0v) is 9.13. The van der Waals surface area contributed by atoms with E-state index < -0.39 is 0 Å². The predicted molar refractivity (Wildman–Crippen MR) is 62.5 cm³/mol. The molecule has 0 bridgehead atoms. The summed E-state index contributed by atoms with van der Waals surface area (Å²) in [7, 11) is 0. The molecule has 0 atom stereocenters. The third-order valence-corrected chi connectivity index (χ3v) is 2.17. The van der Waals surface area contributed by atoms with E-state index in [0.717, 1.165) is 5.69 Å². The van der Waals surface area contributed by atoms with Crippen LogP contribution >= 0.6 is 0 Å². The van der Waals surface area contributed by atoms with Crippen LogP contribution in [0.2, 0.25) is 0 Å². The lowest BCUT2D eigenvalue weighted by molar-refractivity contribution is -0.116. The lowest BCUT2D eigenvalue weighted by atomic mass is 10.2. The molecule has 16 heavy (non-hydrogen) atoms. The molecular weight excluding hydrogens is 206 g/mol. The van der Waals surface area contributed by atoms with Crippen molar-refractivity contribution >= 4 is 17.4 Å². The number of amides is 1. The number of benzene rings is 1. The van der Waals surface area contributed by atoms with Crippen molar-refractivity contribution in [2.75, 3.05) is 11.4 Å². The van der Waals surface area contributed by atoms with Crippen molar-refractivity contribution in [2.24, 2.45) is 10.9 Å². The summed E-state index contributed by atoms with van der Waals surface area (Å²) >= 11 is 0. The van der Waals surface area contributed by atoms with E-state index in [9.17, 15) is 4.79 Å². The molecule has 1 rings (SSSR count). The molecule has 1 aromatic carbocycles. The lowest BCUT2D eigenvalue weighted by Gasteiger charge is -2.20. The summed E-state index contributed by atoms with van der Waals surface area (Å²) < 4.78 is 0. The summed E-state index contributed by atoms with van der Waals surface area (Å²) in [6.07, 6.45) is 0.338. The molecule has 0 aliphatic carbocycles. The second-order valence-corrected chi connectivity index (χ2v) is 3.35. The Kier molecular flexibility index (Phi) is 4.32. The van der Waals surface area contributed by atoms with Crippen molar-refractivity contribution < 1.29 is 10.0 Å². The minimum absolute atomic E-state index is 0.0723. The zero-order chi connectivity index (χ0) is 12.0. The van der Waals surface area contributed by atoms with Gasteiger partial charge in [-0.3, -0.25) is 4.79 Å². The highest BCUT2D eigenvalue weighted by atomic mass is 16.4. The SMILES string of the molecule is CC(=O)N(CC/C(N)=N/O)c1ccccc1. The van der Waals surface area contributed by atoms with Gasteiger partial charge in [0.15, 0.2) is 0 Å². The Morgan fingerprint density at radius 3 is 2.56 bits per heavy atom. The number of para-hydroxylation sites is 1. The van der Waals surface area contributed by atoms with Gasteiger partial charge in [-0.2, -0.15) is 0 Å². The molecule has 0 saturated carbocycles. The number of anilines is 1. The fourth-order valence-corrected chi connectivity index (χ4v) is 1.35. The summed E-state index contributed by atoms with van der Waals surface area (Å²) in [5.74, 6) is 0.0409. The number of amidine groups is 1. The number of hydrogen-bond donors (Lipinski definition) is 2. The molecule has 1 amide bonds. The van der Waals surface area contributed by atoms with Crippen molar-refractivity contribution in [3.05, 3.63) is 30.3 Å². The summed E-state index contributed by atoms with van der Waals surface area (Å²) in [5, 5.41) is 11.3. The van der Waals surface area contributed by atoms with Gasteiger partial charge in [-0.15, -0.1) is 0 Å². The molecule has 0 aromatic heterocycles. The van der Waals surface area contributed by atoms with Gasteiger partial charge in [0.25, 0.3) is 0 Å². The van der Waals surface area contributed by atoms with Gasteiger partial charge in [-0.25, -0.2) is 0 Å². The van der Waals surface area contributed by atoms with Gasteiger partial charge < -0.3 is 15.8 Å². The van der Waals surface area contributed by atoms with Crippen LogP contribution in [0.25, 0.3) is 0 Å². The van der Waals surface area contributed by atoms with E-state index in [2.05, 4.69) is 5.16 Å². The van der Waals surface area contributed by atoms with E-state index in [1.54, 1.807) is 4.90 Å². The van der Waals surface area contributed by atoms with Crippen LogP contribution in [0.1, 0.15) is 13.3 Å². The van der Waals surface area contributed by atoms with E-state index in [1.165, 1.54) is 6.92 Å². The average molecular weight is 221 g/mol. The molecule has 5 heteroatoms. The quantitative estimate of drug-likeness (QED) is 0.347. The number of oxime groups is 1. The highest BCUT2D eigenvalue weighted by molar-refractivity contribution is 5.92. The molecule has 0 aliphatic rings. The number of carbonyl (C=O) groups excluding carboxylic acids is 1. The summed E-state index contributed by atoms with van der Waals surface area (Å²) in [6.45, 7) is 1.88. The Hall–Kier alpha value is -2.04. The van der Waals surface area contributed by atoms with Crippen molar-refractivity contribution in [1.82, 2.24) is 0 Å². The second kappa shape index (κ2) is 5.75. The summed E-state index contributed by atoms with van der Waals surface area (Å²) in [5.41, 5.74) is 6.17. The Balaban J connectivity index is 2.73. The van der Waals surface area contributed by atoms with Gasteiger partial charge in [0.2, 0.25) is 5.91 Å². The second-order valence-electron chi connectivity index (χ2n) is 3.35. The van der Waals surface area contributed by atoms with Gasteiger partial charge in [-0.1, -0.05) is 23.4 Å². The van der Waals surface area contributed by atoms with Crippen molar-refractivity contribution in [3.63, 3.8) is 0 Å². The highest BCUT2D eigenvalue weighted by Crippen LogP contribution is 2.13. The molecule has 3 N–H and O–H groups in total. The first-order chi connectivity index (χ1) is 7.65. The number of rotatable bonds is 4. The molecule has 0 spiro atoms. The summed E-state index contributed by atoms with van der Waals surface area (Å²) in [4.78, 5) is 13.0. The monoisotopic (exact) mass is 221 g/mol. The first kappa shape index (κ1) is 12.0. The van der Waals surface area contributed by atoms with Crippen LogP contribution in [0.5, 0.6) is 0 Å². The standard InChI is InChI=1S/C11H15N3O2/c1-9(15)14(8-7-11(12)13-16)10-5-3-2-4-6-10/h2-6,16H,7-8H2,1H3,(H2,12,13). The maximum atomic E-state index is 11.4. The van der Waals surface area contributed by atoms with Gasteiger partial charge in [0.05, 0.1) is 0 Å². The van der Waals surface area contributed by atoms with E-state index >= 15 is 0 Å². The first-order valence-electron chi connectivity index (χ1n) is 4.94. The maximum absolute atomic E-state index is 11.4. The molecule has 1 aromatic rings. The Bertz CT molecular complexity index is 376. The molecular formula is C11H15N3O2. The topological polar surface area (TPSA) is 78.9 Å². The van der Waals surface area contributed by atoms with Crippen LogP contribution in [0.3, 0.4) is 0 Å². The number of hydrogen-bond acceptors (Lipinski definition) is 3. The molecule has 86 valence electrons. The maximum Gasteiger partial charge on any atom is 0.223 e. The van der Waals surface area contributed by atoms with Crippen LogP contribution in [0.15, 0.2) is 35.5 Å². The van der Waals surface area contributed by atoms with Gasteiger partial charge in [-0.05, 0) is 12.1 Å². The number of nitrogens with two attached hydrogens (primary N) is 1. The van der Waals surface area contributed by atoms with E-state index in [0.29, 0.717) is 13.0 Å². The van der Waals surface area contributed by atoms with Gasteiger partial charge in [0, 0.05) is 25.6 Å². The van der Waals surface area contributed by atoms with E-state index in [-0.39, 0.29) is 11.7 Å². The van der Waals surface area contributed by atoms with Crippen molar-refractivity contribution in [1.29, 1.82) is 0 Å². The fraction of sp³-hybridized carbons (Fsp3) is 0.273. The largest absolute Gasteiger partial charge is 0.409 e. The van der Waals surface area contributed by atoms with Crippen LogP contribution in [0, 0.1) is 0 Å². The molecule has 0 aliphatic heterocycles. The van der Waals surface area contributed by atoms with Crippen LogP contribution in [-0.2, 0) is 4.79 Å². The Labute approximate surface area is 94.2 Å². The van der Waals surface area contributed by atoms with E-state index in [4.69, 9.17) is 10.9 Å². The zero-order valence-electron chi connectivity index (χ0n) is 9.13. The fourth-order valence-electron chi connectivity index (χ4n) is 1.35. The van der Waals surface area contributed by atoms with Crippen LogP contribution in [0.4, 0.5) is 5.69 Å². The van der Waals surface area contributed by atoms with Crippen LogP contribution in [-0.4, -0.2) is 23.5 Å². The third kappa shape index (κ3) is 3.27. The van der Waals surface area contributed by atoms with Crippen molar-refractivity contribution in [2.45, 2.75) is 13.3 Å². The van der Waals surface area contributed by atoms with Gasteiger partial charge in [0.1, 0.15) is 5.84 Å². The Morgan fingerprint density at radius 2 is 2.06 bits per heavy atom. The first-order valence-corrected chi connectivity index (χ1v) is 4.94. The van der Waals surface area contributed by atoms with Crippen LogP contribution < -0.4 is 10.6 Å². The van der Waals surface area contributed by atoms with Crippen molar-refractivity contribution in [3.8, 4) is 0 Å². The number of carbonyl (C=O) groups is 1. The molecule has 5 nitrogen and oxygen atoms in total. The molecule has 0 heterocycles. The predicted octanol–water partition coefficient (Wildman–Crippen LogP) is 1.18. The molecule has 0 fully saturated rings. The smallest absolute Gasteiger partial charge is 0.223 e. The molecule has 0 radical (unpaired) electrons. The molecule has 0 saturated heterocycles.